The van der Waals surface area contributed by atoms with Crippen molar-refractivity contribution in [2.45, 2.75) is 12.7 Å². The van der Waals surface area contributed by atoms with Gasteiger partial charge in [0.25, 0.3) is 5.69 Å². The van der Waals surface area contributed by atoms with Crippen molar-refractivity contribution in [3.05, 3.63) is 58.2 Å². The molecule has 0 radical (unpaired) electrons. The van der Waals surface area contributed by atoms with Gasteiger partial charge < -0.3 is 4.90 Å². The topological polar surface area (TPSA) is 72.2 Å². The second-order valence-electron chi connectivity index (χ2n) is 4.51. The van der Waals surface area contributed by atoms with E-state index in [4.69, 9.17) is 0 Å². The highest BCUT2D eigenvalue weighted by Gasteiger charge is 2.33. The largest absolute Gasteiger partial charge is 0.416 e. The number of anilines is 1. The quantitative estimate of drug-likeness (QED) is 0.641. The zero-order valence-corrected chi connectivity index (χ0v) is 11.4. The Balaban J connectivity index is 2.35. The summed E-state index contributed by atoms with van der Waals surface area (Å²) in [5.41, 5.74) is -1.06. The van der Waals surface area contributed by atoms with Crippen molar-refractivity contribution in [2.75, 3.05) is 11.9 Å². The van der Waals surface area contributed by atoms with Crippen molar-refractivity contribution < 1.29 is 18.1 Å². The Morgan fingerprint density at radius 2 is 2.05 bits per heavy atom. The normalized spacial score (nSPS) is 11.3. The fourth-order valence-electron chi connectivity index (χ4n) is 1.91. The summed E-state index contributed by atoms with van der Waals surface area (Å²) < 4.78 is 38.0. The molecule has 9 heteroatoms. The fraction of sp³-hybridized carbons (Fsp3) is 0.231. The maximum atomic E-state index is 12.7. The van der Waals surface area contributed by atoms with Gasteiger partial charge in [0.1, 0.15) is 5.69 Å². The van der Waals surface area contributed by atoms with Crippen molar-refractivity contribution >= 4 is 11.4 Å². The van der Waals surface area contributed by atoms with Gasteiger partial charge in [-0.2, -0.15) is 13.2 Å². The molecule has 2 rings (SSSR count). The molecule has 0 unspecified atom stereocenters. The number of benzene rings is 1. The lowest BCUT2D eigenvalue weighted by atomic mass is 10.1. The molecule has 0 aliphatic rings. The molecule has 0 aliphatic heterocycles. The van der Waals surface area contributed by atoms with Crippen LogP contribution in [-0.2, 0) is 12.7 Å². The molecule has 22 heavy (non-hydrogen) atoms. The average molecular weight is 312 g/mol. The van der Waals surface area contributed by atoms with Gasteiger partial charge in [0.15, 0.2) is 0 Å². The molecule has 116 valence electrons. The molecule has 0 N–H and O–H groups in total. The van der Waals surface area contributed by atoms with E-state index in [1.807, 2.05) is 0 Å². The Labute approximate surface area is 123 Å². The van der Waals surface area contributed by atoms with Crippen LogP contribution in [0.15, 0.2) is 36.8 Å². The van der Waals surface area contributed by atoms with Crippen LogP contribution in [0.4, 0.5) is 24.5 Å². The van der Waals surface area contributed by atoms with Crippen LogP contribution in [-0.4, -0.2) is 21.9 Å². The van der Waals surface area contributed by atoms with E-state index < -0.39 is 22.4 Å². The van der Waals surface area contributed by atoms with Crippen LogP contribution in [0, 0.1) is 10.1 Å². The monoisotopic (exact) mass is 312 g/mol. The number of halogens is 3. The van der Waals surface area contributed by atoms with Gasteiger partial charge in [0.05, 0.1) is 28.9 Å². The summed E-state index contributed by atoms with van der Waals surface area (Å²) in [5, 5.41) is 11.0. The predicted octanol–water partition coefficient (Wildman–Crippen LogP) is 3.04. The highest BCUT2D eigenvalue weighted by Crippen LogP contribution is 2.36. The molecule has 0 aliphatic carbocycles. The van der Waals surface area contributed by atoms with Crippen molar-refractivity contribution in [3.8, 4) is 0 Å². The van der Waals surface area contributed by atoms with Crippen LogP contribution in [0.25, 0.3) is 0 Å². The number of hydrogen-bond acceptors (Lipinski definition) is 5. The van der Waals surface area contributed by atoms with E-state index in [-0.39, 0.29) is 12.2 Å². The maximum absolute atomic E-state index is 12.7. The number of aromatic nitrogens is 2. The minimum Gasteiger partial charge on any atom is -0.363 e. The molecule has 0 atom stereocenters. The first kappa shape index (κ1) is 15.7. The minimum atomic E-state index is -4.63. The van der Waals surface area contributed by atoms with E-state index in [0.29, 0.717) is 11.8 Å². The third kappa shape index (κ3) is 3.48. The van der Waals surface area contributed by atoms with Crippen LogP contribution < -0.4 is 4.90 Å². The van der Waals surface area contributed by atoms with Gasteiger partial charge in [-0.15, -0.1) is 0 Å². The van der Waals surface area contributed by atoms with Gasteiger partial charge in [0, 0.05) is 25.5 Å². The lowest BCUT2D eigenvalue weighted by Crippen LogP contribution is -2.19. The van der Waals surface area contributed by atoms with Gasteiger partial charge in [0.2, 0.25) is 0 Å². The Bertz CT molecular complexity index is 677. The van der Waals surface area contributed by atoms with Crippen molar-refractivity contribution in [1.29, 1.82) is 0 Å². The third-order valence-electron chi connectivity index (χ3n) is 2.93. The van der Waals surface area contributed by atoms with E-state index >= 15 is 0 Å². The zero-order chi connectivity index (χ0) is 16.3. The van der Waals surface area contributed by atoms with Gasteiger partial charge >= 0.3 is 6.18 Å². The molecular weight excluding hydrogens is 301 g/mol. The van der Waals surface area contributed by atoms with Gasteiger partial charge in [-0.1, -0.05) is 0 Å². The molecule has 0 saturated heterocycles. The first-order valence-corrected chi connectivity index (χ1v) is 6.10. The standard InChI is InChI=1S/C13H11F3N4O2/c1-19(8-10-7-17-4-5-18-10)11-3-2-9(13(14,15)16)6-12(11)20(21)22/h2-7H,8H2,1H3. The van der Waals surface area contributed by atoms with Crippen molar-refractivity contribution in [1.82, 2.24) is 9.97 Å². The van der Waals surface area contributed by atoms with Crippen LogP contribution in [0.1, 0.15) is 11.3 Å². The molecule has 0 amide bonds. The fourth-order valence-corrected chi connectivity index (χ4v) is 1.91. The third-order valence-corrected chi connectivity index (χ3v) is 2.93. The van der Waals surface area contributed by atoms with Crippen LogP contribution in [0.3, 0.4) is 0 Å². The first-order chi connectivity index (χ1) is 10.3. The summed E-state index contributed by atoms with van der Waals surface area (Å²) in [6.07, 6.45) is -0.215. The van der Waals surface area contributed by atoms with Crippen LogP contribution in [0.2, 0.25) is 0 Å². The van der Waals surface area contributed by atoms with Crippen LogP contribution >= 0.6 is 0 Å². The Morgan fingerprint density at radius 1 is 1.32 bits per heavy atom. The molecule has 0 saturated carbocycles. The Morgan fingerprint density at radius 3 is 2.59 bits per heavy atom. The summed E-state index contributed by atoms with van der Waals surface area (Å²) in [5.74, 6) is 0. The van der Waals surface area contributed by atoms with E-state index in [2.05, 4.69) is 9.97 Å². The van der Waals surface area contributed by atoms with Crippen LogP contribution in [0.5, 0.6) is 0 Å². The molecule has 0 spiro atoms. The highest BCUT2D eigenvalue weighted by molar-refractivity contribution is 5.64. The summed E-state index contributed by atoms with van der Waals surface area (Å²) in [7, 11) is 1.53. The maximum Gasteiger partial charge on any atom is 0.416 e. The highest BCUT2D eigenvalue weighted by atomic mass is 19.4. The average Bonchev–Trinajstić information content (AvgIpc) is 2.46. The lowest BCUT2D eigenvalue weighted by molar-refractivity contribution is -0.384. The summed E-state index contributed by atoms with van der Waals surface area (Å²) in [6, 6.07) is 2.43. The molecule has 1 aromatic carbocycles. The van der Waals surface area contributed by atoms with E-state index in [9.17, 15) is 23.3 Å². The SMILES string of the molecule is CN(Cc1cnccn1)c1ccc(C(F)(F)F)cc1[N+](=O)[O-]. The zero-order valence-electron chi connectivity index (χ0n) is 11.4. The number of alkyl halides is 3. The number of nitro benzene ring substituents is 1. The summed E-state index contributed by atoms with van der Waals surface area (Å²) in [4.78, 5) is 19.5. The molecule has 1 heterocycles. The van der Waals surface area contributed by atoms with E-state index in [1.54, 1.807) is 0 Å². The first-order valence-electron chi connectivity index (χ1n) is 6.10. The minimum absolute atomic E-state index is 0.0728. The number of hydrogen-bond donors (Lipinski definition) is 0. The lowest BCUT2D eigenvalue weighted by Gasteiger charge is -2.19. The number of nitro groups is 1. The summed E-state index contributed by atoms with van der Waals surface area (Å²) >= 11 is 0. The molecule has 6 nitrogen and oxygen atoms in total. The second kappa shape index (κ2) is 5.96. The smallest absolute Gasteiger partial charge is 0.363 e. The predicted molar refractivity (Wildman–Crippen MR) is 72.2 cm³/mol. The molecular formula is C13H11F3N4O2. The Kier molecular flexibility index (Phi) is 4.25. The summed E-state index contributed by atoms with van der Waals surface area (Å²) in [6.45, 7) is 0.181. The van der Waals surface area contributed by atoms with E-state index in [1.165, 1.54) is 30.5 Å². The van der Waals surface area contributed by atoms with E-state index in [0.717, 1.165) is 12.1 Å². The van der Waals surface area contributed by atoms with Crippen molar-refractivity contribution in [3.63, 3.8) is 0 Å². The molecule has 2 aromatic rings. The van der Waals surface area contributed by atoms with Gasteiger partial charge in [-0.3, -0.25) is 20.1 Å². The molecule has 0 bridgehead atoms. The van der Waals surface area contributed by atoms with Gasteiger partial charge in [-0.25, -0.2) is 0 Å². The van der Waals surface area contributed by atoms with Crippen molar-refractivity contribution in [2.24, 2.45) is 0 Å². The number of rotatable bonds is 4. The molecule has 1 aromatic heterocycles. The number of nitrogens with zero attached hydrogens (tertiary/aromatic N) is 4. The second-order valence-corrected chi connectivity index (χ2v) is 4.51. The molecule has 0 fully saturated rings. The van der Waals surface area contributed by atoms with Gasteiger partial charge in [-0.05, 0) is 12.1 Å². The Hall–Kier alpha value is -2.71.